The lowest BCUT2D eigenvalue weighted by Crippen LogP contribution is -2.42. The zero-order valence-corrected chi connectivity index (χ0v) is 17.2. The molecular formula is C23H22ClN3O3. The zero-order chi connectivity index (χ0) is 20.7. The average molecular weight is 424 g/mol. The van der Waals surface area contributed by atoms with E-state index in [0.717, 1.165) is 29.8 Å². The highest BCUT2D eigenvalue weighted by Gasteiger charge is 2.39. The number of amides is 2. The van der Waals surface area contributed by atoms with Crippen LogP contribution in [0.4, 0.5) is 5.69 Å². The summed E-state index contributed by atoms with van der Waals surface area (Å²) in [4.78, 5) is 33.7. The summed E-state index contributed by atoms with van der Waals surface area (Å²) in [5.41, 5.74) is 2.35. The van der Waals surface area contributed by atoms with E-state index in [4.69, 9.17) is 16.0 Å². The fraction of sp³-hybridized carbons (Fsp3) is 0.348. The van der Waals surface area contributed by atoms with Crippen LogP contribution < -0.4 is 4.90 Å². The maximum absolute atomic E-state index is 13.1. The number of anilines is 1. The SMILES string of the molecule is O=C(C1CC(=O)N(c2ccccc2Cl)C1)N1CCC(c2nc3ccccc3o2)CC1. The molecule has 3 aromatic rings. The quantitative estimate of drug-likeness (QED) is 0.632. The lowest BCUT2D eigenvalue weighted by atomic mass is 9.95. The topological polar surface area (TPSA) is 66.7 Å². The summed E-state index contributed by atoms with van der Waals surface area (Å²) in [5, 5.41) is 0.526. The monoisotopic (exact) mass is 423 g/mol. The highest BCUT2D eigenvalue weighted by Crippen LogP contribution is 2.34. The van der Waals surface area contributed by atoms with Crippen LogP contribution in [0.2, 0.25) is 5.02 Å². The predicted molar refractivity (Wildman–Crippen MR) is 114 cm³/mol. The lowest BCUT2D eigenvalue weighted by molar-refractivity contribution is -0.136. The zero-order valence-electron chi connectivity index (χ0n) is 16.5. The van der Waals surface area contributed by atoms with E-state index in [9.17, 15) is 9.59 Å². The van der Waals surface area contributed by atoms with Gasteiger partial charge < -0.3 is 14.2 Å². The molecule has 30 heavy (non-hydrogen) atoms. The Hall–Kier alpha value is -2.86. The van der Waals surface area contributed by atoms with Crippen molar-refractivity contribution in [2.24, 2.45) is 5.92 Å². The molecule has 3 heterocycles. The Morgan fingerprint density at radius 2 is 1.80 bits per heavy atom. The van der Waals surface area contributed by atoms with Crippen molar-refractivity contribution in [3.63, 3.8) is 0 Å². The van der Waals surface area contributed by atoms with Gasteiger partial charge in [0.05, 0.1) is 16.6 Å². The Morgan fingerprint density at radius 3 is 2.57 bits per heavy atom. The number of aromatic nitrogens is 1. The number of benzene rings is 2. The molecule has 0 bridgehead atoms. The van der Waals surface area contributed by atoms with Crippen molar-refractivity contribution in [3.05, 3.63) is 59.4 Å². The summed E-state index contributed by atoms with van der Waals surface area (Å²) in [7, 11) is 0. The average Bonchev–Trinajstić information content (AvgIpc) is 3.37. The van der Waals surface area contributed by atoms with Crippen molar-refractivity contribution in [1.82, 2.24) is 9.88 Å². The Morgan fingerprint density at radius 1 is 1.07 bits per heavy atom. The number of halogens is 1. The Balaban J connectivity index is 1.23. The first kappa shape index (κ1) is 19.1. The second-order valence-corrected chi connectivity index (χ2v) is 8.38. The second-order valence-electron chi connectivity index (χ2n) is 7.98. The van der Waals surface area contributed by atoms with Crippen LogP contribution in [0.25, 0.3) is 11.1 Å². The Bertz CT molecular complexity index is 1070. The highest BCUT2D eigenvalue weighted by atomic mass is 35.5. The molecule has 6 nitrogen and oxygen atoms in total. The number of fused-ring (bicyclic) bond motifs is 1. The van der Waals surface area contributed by atoms with E-state index in [1.54, 1.807) is 11.0 Å². The number of nitrogens with zero attached hydrogens (tertiary/aromatic N) is 3. The summed E-state index contributed by atoms with van der Waals surface area (Å²) in [6.07, 6.45) is 1.86. The van der Waals surface area contributed by atoms with Gasteiger partial charge in [0.15, 0.2) is 11.5 Å². The van der Waals surface area contributed by atoms with Crippen LogP contribution in [0, 0.1) is 5.92 Å². The van der Waals surface area contributed by atoms with Crippen LogP contribution in [0.15, 0.2) is 52.9 Å². The summed E-state index contributed by atoms with van der Waals surface area (Å²) >= 11 is 6.25. The number of oxazole rings is 1. The van der Waals surface area contributed by atoms with Crippen LogP contribution >= 0.6 is 11.6 Å². The van der Waals surface area contributed by atoms with Crippen LogP contribution in [0.3, 0.4) is 0 Å². The molecule has 1 aromatic heterocycles. The third-order valence-corrected chi connectivity index (χ3v) is 6.40. The standard InChI is InChI=1S/C23H22ClN3O3/c24-17-5-1-3-7-19(17)27-14-16(13-21(27)28)23(29)26-11-9-15(10-12-26)22-25-18-6-2-4-8-20(18)30-22/h1-8,15-16H,9-14H2. The molecule has 2 aliphatic heterocycles. The van der Waals surface area contributed by atoms with Gasteiger partial charge in [-0.2, -0.15) is 0 Å². The van der Waals surface area contributed by atoms with E-state index in [-0.39, 0.29) is 30.1 Å². The van der Waals surface area contributed by atoms with E-state index in [2.05, 4.69) is 4.98 Å². The number of rotatable bonds is 3. The Labute approximate surface area is 179 Å². The molecule has 0 N–H and O–H groups in total. The highest BCUT2D eigenvalue weighted by molar-refractivity contribution is 6.33. The molecule has 7 heteroatoms. The normalized spacial score (nSPS) is 20.3. The van der Waals surface area contributed by atoms with Gasteiger partial charge in [-0.25, -0.2) is 4.98 Å². The van der Waals surface area contributed by atoms with Gasteiger partial charge in [0.2, 0.25) is 11.8 Å². The molecule has 2 amide bonds. The van der Waals surface area contributed by atoms with E-state index in [1.807, 2.05) is 47.4 Å². The third kappa shape index (κ3) is 3.45. The van der Waals surface area contributed by atoms with Gasteiger partial charge >= 0.3 is 0 Å². The maximum Gasteiger partial charge on any atom is 0.228 e. The van der Waals surface area contributed by atoms with Gasteiger partial charge in [0, 0.05) is 32.0 Å². The minimum absolute atomic E-state index is 0.0499. The van der Waals surface area contributed by atoms with Gasteiger partial charge in [-0.1, -0.05) is 35.9 Å². The molecule has 1 atom stereocenters. The number of carbonyl (C=O) groups excluding carboxylic acids is 2. The van der Waals surface area contributed by atoms with Gasteiger partial charge in [0.1, 0.15) is 5.52 Å². The fourth-order valence-corrected chi connectivity index (χ4v) is 4.68. The first-order valence-electron chi connectivity index (χ1n) is 10.3. The van der Waals surface area contributed by atoms with E-state index in [0.29, 0.717) is 30.3 Å². The van der Waals surface area contributed by atoms with Crippen LogP contribution in [-0.2, 0) is 9.59 Å². The first-order valence-corrected chi connectivity index (χ1v) is 10.7. The van der Waals surface area contributed by atoms with Crippen molar-refractivity contribution in [1.29, 1.82) is 0 Å². The van der Waals surface area contributed by atoms with E-state index < -0.39 is 0 Å². The summed E-state index contributed by atoms with van der Waals surface area (Å²) in [6.45, 7) is 1.68. The maximum atomic E-state index is 13.1. The molecule has 2 fully saturated rings. The number of para-hydroxylation sites is 3. The first-order chi connectivity index (χ1) is 14.6. The molecule has 2 saturated heterocycles. The van der Waals surface area contributed by atoms with Crippen molar-refractivity contribution < 1.29 is 14.0 Å². The molecule has 5 rings (SSSR count). The number of hydrogen-bond acceptors (Lipinski definition) is 4. The third-order valence-electron chi connectivity index (χ3n) is 6.08. The van der Waals surface area contributed by atoms with Crippen molar-refractivity contribution in [3.8, 4) is 0 Å². The van der Waals surface area contributed by atoms with Crippen molar-refractivity contribution in [2.75, 3.05) is 24.5 Å². The van der Waals surface area contributed by atoms with Gasteiger partial charge in [-0.3, -0.25) is 9.59 Å². The van der Waals surface area contributed by atoms with Crippen LogP contribution in [0.5, 0.6) is 0 Å². The molecule has 154 valence electrons. The van der Waals surface area contributed by atoms with Crippen LogP contribution in [0.1, 0.15) is 31.1 Å². The Kier molecular flexibility index (Phi) is 4.95. The van der Waals surface area contributed by atoms with Crippen molar-refractivity contribution >= 4 is 40.2 Å². The largest absolute Gasteiger partial charge is 0.440 e. The van der Waals surface area contributed by atoms with Crippen LogP contribution in [-0.4, -0.2) is 41.3 Å². The number of likely N-dealkylation sites (tertiary alicyclic amines) is 1. The van der Waals surface area contributed by atoms with E-state index in [1.165, 1.54) is 0 Å². The number of piperidine rings is 1. The van der Waals surface area contributed by atoms with E-state index >= 15 is 0 Å². The molecule has 2 aliphatic rings. The van der Waals surface area contributed by atoms with Gasteiger partial charge in [-0.15, -0.1) is 0 Å². The minimum Gasteiger partial charge on any atom is -0.440 e. The molecular weight excluding hydrogens is 402 g/mol. The molecule has 1 unspecified atom stereocenters. The number of carbonyl (C=O) groups is 2. The second kappa shape index (κ2) is 7.76. The smallest absolute Gasteiger partial charge is 0.228 e. The molecule has 0 saturated carbocycles. The molecule has 2 aromatic carbocycles. The number of hydrogen-bond donors (Lipinski definition) is 0. The molecule has 0 aliphatic carbocycles. The summed E-state index contributed by atoms with van der Waals surface area (Å²) < 4.78 is 5.91. The minimum atomic E-state index is -0.324. The fourth-order valence-electron chi connectivity index (χ4n) is 4.45. The lowest BCUT2D eigenvalue weighted by Gasteiger charge is -2.32. The predicted octanol–water partition coefficient (Wildman–Crippen LogP) is 4.24. The van der Waals surface area contributed by atoms with Gasteiger partial charge in [-0.05, 0) is 37.1 Å². The van der Waals surface area contributed by atoms with Crippen molar-refractivity contribution in [2.45, 2.75) is 25.2 Å². The summed E-state index contributed by atoms with van der Waals surface area (Å²) in [5.74, 6) is 0.641. The van der Waals surface area contributed by atoms with Gasteiger partial charge in [0.25, 0.3) is 0 Å². The molecule has 0 spiro atoms. The molecule has 0 radical (unpaired) electrons. The summed E-state index contributed by atoms with van der Waals surface area (Å²) in [6, 6.07) is 15.0.